The molecule has 20 heavy (non-hydrogen) atoms. The van der Waals surface area contributed by atoms with Gasteiger partial charge < -0.3 is 5.11 Å². The molecule has 1 N–H and O–H groups in total. The molecule has 0 bridgehead atoms. The monoisotopic (exact) mass is 311 g/mol. The van der Waals surface area contributed by atoms with Crippen molar-refractivity contribution in [1.82, 2.24) is 4.98 Å². The van der Waals surface area contributed by atoms with Crippen LogP contribution < -0.4 is 0 Å². The summed E-state index contributed by atoms with van der Waals surface area (Å²) in [6.45, 7) is 1.65. The number of aryl methyl sites for hydroxylation is 1. The second kappa shape index (κ2) is 5.34. The highest BCUT2D eigenvalue weighted by atomic mass is 32.2. The van der Waals surface area contributed by atoms with Crippen molar-refractivity contribution in [2.75, 3.05) is 6.26 Å². The van der Waals surface area contributed by atoms with Gasteiger partial charge in [0.2, 0.25) is 0 Å². The molecule has 0 aliphatic carbocycles. The Morgan fingerprint density at radius 2 is 2.10 bits per heavy atom. The molecule has 0 amide bonds. The fourth-order valence-corrected chi connectivity index (χ4v) is 3.42. The Balaban J connectivity index is 2.31. The third-order valence-electron chi connectivity index (χ3n) is 2.72. The molecular formula is C13H13NO4S2. The highest BCUT2D eigenvalue weighted by molar-refractivity contribution is 7.90. The van der Waals surface area contributed by atoms with E-state index in [0.29, 0.717) is 17.1 Å². The van der Waals surface area contributed by atoms with Gasteiger partial charge in [-0.2, -0.15) is 0 Å². The van der Waals surface area contributed by atoms with Crippen LogP contribution in [0.1, 0.15) is 25.9 Å². The van der Waals surface area contributed by atoms with Gasteiger partial charge in [-0.05, 0) is 24.6 Å². The van der Waals surface area contributed by atoms with Crippen molar-refractivity contribution >= 4 is 27.1 Å². The summed E-state index contributed by atoms with van der Waals surface area (Å²) in [5.41, 5.74) is 1.27. The van der Waals surface area contributed by atoms with Crippen molar-refractivity contribution < 1.29 is 18.3 Å². The number of hydrogen-bond acceptors (Lipinski definition) is 5. The summed E-state index contributed by atoms with van der Waals surface area (Å²) in [6, 6.07) is 6.59. The quantitative estimate of drug-likeness (QED) is 0.935. The Labute approximate surface area is 120 Å². The van der Waals surface area contributed by atoms with E-state index in [9.17, 15) is 13.2 Å². The SMILES string of the molecule is Cc1nc(Cc2cccc(S(C)(=O)=O)c2)sc1C(=O)O. The van der Waals surface area contributed by atoms with E-state index in [2.05, 4.69) is 4.98 Å². The van der Waals surface area contributed by atoms with Gasteiger partial charge in [-0.15, -0.1) is 11.3 Å². The minimum atomic E-state index is -3.25. The maximum Gasteiger partial charge on any atom is 0.347 e. The molecule has 0 radical (unpaired) electrons. The van der Waals surface area contributed by atoms with Crippen LogP contribution in [0.2, 0.25) is 0 Å². The second-order valence-corrected chi connectivity index (χ2v) is 7.52. The zero-order valence-corrected chi connectivity index (χ0v) is 12.6. The lowest BCUT2D eigenvalue weighted by Crippen LogP contribution is -1.98. The summed E-state index contributed by atoms with van der Waals surface area (Å²) < 4.78 is 23.0. The lowest BCUT2D eigenvalue weighted by molar-refractivity contribution is 0.0701. The van der Waals surface area contributed by atoms with E-state index in [1.165, 1.54) is 6.07 Å². The molecule has 106 valence electrons. The third kappa shape index (κ3) is 3.23. The molecule has 0 saturated heterocycles. The van der Waals surface area contributed by atoms with Crippen LogP contribution in [-0.4, -0.2) is 30.7 Å². The van der Waals surface area contributed by atoms with Crippen molar-refractivity contribution in [3.8, 4) is 0 Å². The number of carboxylic acid groups (broad SMARTS) is 1. The van der Waals surface area contributed by atoms with Crippen molar-refractivity contribution in [2.24, 2.45) is 0 Å². The predicted molar refractivity (Wildman–Crippen MR) is 76.2 cm³/mol. The zero-order valence-electron chi connectivity index (χ0n) is 11.0. The molecule has 0 unspecified atom stereocenters. The Kier molecular flexibility index (Phi) is 3.92. The molecule has 0 aliphatic heterocycles. The molecule has 0 atom stereocenters. The van der Waals surface area contributed by atoms with Crippen molar-refractivity contribution in [3.05, 3.63) is 45.4 Å². The van der Waals surface area contributed by atoms with Gasteiger partial charge in [-0.1, -0.05) is 12.1 Å². The first-order valence-corrected chi connectivity index (χ1v) is 8.47. The van der Waals surface area contributed by atoms with Crippen LogP contribution in [0.25, 0.3) is 0 Å². The number of carbonyl (C=O) groups is 1. The van der Waals surface area contributed by atoms with Crippen LogP contribution in [-0.2, 0) is 16.3 Å². The topological polar surface area (TPSA) is 84.3 Å². The Morgan fingerprint density at radius 1 is 1.40 bits per heavy atom. The molecule has 5 nitrogen and oxygen atoms in total. The fraction of sp³-hybridized carbons (Fsp3) is 0.231. The number of sulfone groups is 1. The van der Waals surface area contributed by atoms with Crippen molar-refractivity contribution in [3.63, 3.8) is 0 Å². The zero-order chi connectivity index (χ0) is 14.9. The molecule has 1 heterocycles. The molecule has 2 aromatic rings. The summed E-state index contributed by atoms with van der Waals surface area (Å²) in [4.78, 5) is 15.6. The van der Waals surface area contributed by atoms with E-state index in [4.69, 9.17) is 5.11 Å². The number of aromatic carboxylic acids is 1. The summed E-state index contributed by atoms with van der Waals surface area (Å²) in [7, 11) is -3.25. The van der Waals surface area contributed by atoms with Crippen LogP contribution in [0.15, 0.2) is 29.2 Å². The molecule has 0 fully saturated rings. The molecule has 7 heteroatoms. The van der Waals surface area contributed by atoms with Crippen LogP contribution in [0.3, 0.4) is 0 Å². The normalized spacial score (nSPS) is 11.5. The van der Waals surface area contributed by atoms with Gasteiger partial charge in [0.05, 0.1) is 15.6 Å². The lowest BCUT2D eigenvalue weighted by Gasteiger charge is -2.02. The van der Waals surface area contributed by atoms with Gasteiger partial charge in [0.25, 0.3) is 0 Å². The van der Waals surface area contributed by atoms with Gasteiger partial charge >= 0.3 is 5.97 Å². The van der Waals surface area contributed by atoms with E-state index in [-0.39, 0.29) is 9.77 Å². The van der Waals surface area contributed by atoms with Gasteiger partial charge in [-0.3, -0.25) is 0 Å². The molecule has 1 aromatic carbocycles. The van der Waals surface area contributed by atoms with E-state index >= 15 is 0 Å². The van der Waals surface area contributed by atoms with Gasteiger partial charge in [0.15, 0.2) is 9.84 Å². The Bertz CT molecular complexity index is 762. The highest BCUT2D eigenvalue weighted by Crippen LogP contribution is 2.22. The second-order valence-electron chi connectivity index (χ2n) is 4.42. The number of rotatable bonds is 4. The first-order chi connectivity index (χ1) is 9.27. The summed E-state index contributed by atoms with van der Waals surface area (Å²) in [5.74, 6) is -0.990. The predicted octanol–water partition coefficient (Wildman–Crippen LogP) is 2.14. The number of hydrogen-bond donors (Lipinski definition) is 1. The average Bonchev–Trinajstić information content (AvgIpc) is 2.69. The minimum absolute atomic E-state index is 0.222. The smallest absolute Gasteiger partial charge is 0.347 e. The van der Waals surface area contributed by atoms with E-state index < -0.39 is 15.8 Å². The number of carboxylic acids is 1. The summed E-state index contributed by atoms with van der Waals surface area (Å²) >= 11 is 1.12. The van der Waals surface area contributed by atoms with Crippen molar-refractivity contribution in [2.45, 2.75) is 18.2 Å². The number of aromatic nitrogens is 1. The maximum atomic E-state index is 11.5. The largest absolute Gasteiger partial charge is 0.477 e. The Hall–Kier alpha value is -1.73. The highest BCUT2D eigenvalue weighted by Gasteiger charge is 2.14. The Morgan fingerprint density at radius 3 is 2.65 bits per heavy atom. The first-order valence-electron chi connectivity index (χ1n) is 5.76. The van der Waals surface area contributed by atoms with Crippen LogP contribution in [0.5, 0.6) is 0 Å². The van der Waals surface area contributed by atoms with Crippen LogP contribution >= 0.6 is 11.3 Å². The van der Waals surface area contributed by atoms with Gasteiger partial charge in [0.1, 0.15) is 4.88 Å². The number of nitrogens with zero attached hydrogens (tertiary/aromatic N) is 1. The van der Waals surface area contributed by atoms with Crippen molar-refractivity contribution in [1.29, 1.82) is 0 Å². The average molecular weight is 311 g/mol. The molecule has 0 spiro atoms. The molecule has 2 rings (SSSR count). The minimum Gasteiger partial charge on any atom is -0.477 e. The van der Waals surface area contributed by atoms with E-state index in [1.807, 2.05) is 0 Å². The van der Waals surface area contributed by atoms with E-state index in [0.717, 1.165) is 23.2 Å². The summed E-state index contributed by atoms with van der Waals surface area (Å²) in [6.07, 6.45) is 1.57. The van der Waals surface area contributed by atoms with E-state index in [1.54, 1.807) is 25.1 Å². The van der Waals surface area contributed by atoms with Crippen LogP contribution in [0, 0.1) is 6.92 Å². The van der Waals surface area contributed by atoms with Gasteiger partial charge in [-0.25, -0.2) is 18.2 Å². The molecule has 0 saturated carbocycles. The number of benzene rings is 1. The molecule has 1 aromatic heterocycles. The third-order valence-corrected chi connectivity index (χ3v) is 4.97. The molecule has 0 aliphatic rings. The summed E-state index contributed by atoms with van der Waals surface area (Å²) in [5, 5.41) is 9.64. The molecular weight excluding hydrogens is 298 g/mol. The van der Waals surface area contributed by atoms with Gasteiger partial charge in [0, 0.05) is 12.7 Å². The van der Waals surface area contributed by atoms with Crippen LogP contribution in [0.4, 0.5) is 0 Å². The maximum absolute atomic E-state index is 11.5. The number of thiazole rings is 1. The standard InChI is InChI=1S/C13H13NO4S2/c1-8-12(13(15)16)19-11(14-8)7-9-4-3-5-10(6-9)20(2,17)18/h3-6H,7H2,1-2H3,(H,15,16). The fourth-order valence-electron chi connectivity index (χ4n) is 1.79. The lowest BCUT2D eigenvalue weighted by atomic mass is 10.2. The first kappa shape index (κ1) is 14.7.